The van der Waals surface area contributed by atoms with E-state index < -0.39 is 0 Å². The Morgan fingerprint density at radius 3 is 2.62 bits per heavy atom. The number of para-hydroxylation sites is 1. The van der Waals surface area contributed by atoms with Gasteiger partial charge in [-0.05, 0) is 24.3 Å². The molecule has 1 aromatic carbocycles. The molecule has 78 valence electrons. The van der Waals surface area contributed by atoms with Crippen molar-refractivity contribution in [3.63, 3.8) is 0 Å². The van der Waals surface area contributed by atoms with Crippen molar-refractivity contribution in [3.8, 4) is 5.69 Å². The van der Waals surface area contributed by atoms with Gasteiger partial charge in [0.05, 0.1) is 5.69 Å². The number of fused-ring (bicyclic) bond motifs is 1. The van der Waals surface area contributed by atoms with E-state index >= 15 is 0 Å². The van der Waals surface area contributed by atoms with Gasteiger partial charge in [0.15, 0.2) is 0 Å². The third-order valence-electron chi connectivity index (χ3n) is 2.49. The molecule has 0 atom stereocenters. The Hall–Kier alpha value is -2.36. The maximum atomic E-state index is 12.1. The molecule has 0 spiro atoms. The number of hydrogen-bond donors (Lipinski definition) is 0. The Morgan fingerprint density at radius 1 is 1.00 bits per heavy atom. The lowest BCUT2D eigenvalue weighted by atomic mass is 10.3. The average molecular weight is 211 g/mol. The van der Waals surface area contributed by atoms with Crippen LogP contribution in [0, 0.1) is 0 Å². The van der Waals surface area contributed by atoms with Crippen LogP contribution in [0.4, 0.5) is 0 Å². The topological polar surface area (TPSA) is 39.3 Å². The van der Waals surface area contributed by atoms with Gasteiger partial charge in [0, 0.05) is 6.20 Å². The number of nitrogens with zero attached hydrogens (tertiary/aromatic N) is 3. The molecule has 0 amide bonds. The number of benzene rings is 1. The van der Waals surface area contributed by atoms with E-state index in [0.29, 0.717) is 5.52 Å². The Morgan fingerprint density at radius 2 is 1.81 bits per heavy atom. The van der Waals surface area contributed by atoms with E-state index in [1.54, 1.807) is 22.8 Å². The summed E-state index contributed by atoms with van der Waals surface area (Å²) in [5.74, 6) is 0. The second-order valence-electron chi connectivity index (χ2n) is 3.48. The van der Waals surface area contributed by atoms with E-state index in [9.17, 15) is 4.79 Å². The minimum atomic E-state index is -0.0637. The van der Waals surface area contributed by atoms with Crippen molar-refractivity contribution in [2.45, 2.75) is 0 Å². The van der Waals surface area contributed by atoms with Crippen LogP contribution in [-0.2, 0) is 0 Å². The van der Waals surface area contributed by atoms with Crippen LogP contribution in [0.5, 0.6) is 0 Å². The summed E-state index contributed by atoms with van der Waals surface area (Å²) < 4.78 is 3.11. The van der Waals surface area contributed by atoms with Crippen LogP contribution in [0.3, 0.4) is 0 Å². The second kappa shape index (κ2) is 3.34. The molecule has 0 bridgehead atoms. The predicted molar refractivity (Wildman–Crippen MR) is 60.8 cm³/mol. The first kappa shape index (κ1) is 8.91. The summed E-state index contributed by atoms with van der Waals surface area (Å²) in [5.41, 5.74) is 1.33. The first-order valence-corrected chi connectivity index (χ1v) is 4.97. The molecular formula is C12H9N3O. The van der Waals surface area contributed by atoms with Crippen molar-refractivity contribution in [1.29, 1.82) is 0 Å². The van der Waals surface area contributed by atoms with Gasteiger partial charge in [0.25, 0.3) is 5.56 Å². The van der Waals surface area contributed by atoms with Crippen molar-refractivity contribution in [2.24, 2.45) is 0 Å². The zero-order valence-electron chi connectivity index (χ0n) is 8.45. The van der Waals surface area contributed by atoms with Crippen molar-refractivity contribution in [1.82, 2.24) is 14.2 Å². The summed E-state index contributed by atoms with van der Waals surface area (Å²) in [5, 5.41) is 4.16. The van der Waals surface area contributed by atoms with Crippen LogP contribution in [0.2, 0.25) is 0 Å². The fourth-order valence-electron chi connectivity index (χ4n) is 1.70. The van der Waals surface area contributed by atoms with Gasteiger partial charge in [-0.15, -0.1) is 0 Å². The van der Waals surface area contributed by atoms with Crippen LogP contribution >= 0.6 is 0 Å². The SMILES string of the molecule is O=c1c2cccn2ncn1-c1ccccc1. The van der Waals surface area contributed by atoms with E-state index in [1.807, 2.05) is 30.3 Å². The van der Waals surface area contributed by atoms with Crippen molar-refractivity contribution in [3.05, 3.63) is 65.3 Å². The highest BCUT2D eigenvalue weighted by molar-refractivity contribution is 5.46. The molecule has 4 heteroatoms. The van der Waals surface area contributed by atoms with E-state index in [1.165, 1.54) is 10.9 Å². The monoisotopic (exact) mass is 211 g/mol. The van der Waals surface area contributed by atoms with Crippen molar-refractivity contribution < 1.29 is 0 Å². The largest absolute Gasteiger partial charge is 0.282 e. The van der Waals surface area contributed by atoms with Gasteiger partial charge < -0.3 is 0 Å². The maximum absolute atomic E-state index is 12.1. The smallest absolute Gasteiger partial charge is 0.266 e. The number of rotatable bonds is 1. The summed E-state index contributed by atoms with van der Waals surface area (Å²) >= 11 is 0. The highest BCUT2D eigenvalue weighted by Gasteiger charge is 2.03. The fraction of sp³-hybridized carbons (Fsp3) is 0. The molecule has 0 aliphatic carbocycles. The average Bonchev–Trinajstić information content (AvgIpc) is 2.80. The van der Waals surface area contributed by atoms with Crippen LogP contribution in [0.1, 0.15) is 0 Å². The summed E-state index contributed by atoms with van der Waals surface area (Å²) in [7, 11) is 0. The van der Waals surface area contributed by atoms with Gasteiger partial charge in [-0.25, -0.2) is 4.52 Å². The van der Waals surface area contributed by atoms with E-state index in [2.05, 4.69) is 5.10 Å². The summed E-state index contributed by atoms with van der Waals surface area (Å²) in [4.78, 5) is 12.1. The van der Waals surface area contributed by atoms with E-state index in [0.717, 1.165) is 5.69 Å². The lowest BCUT2D eigenvalue weighted by Crippen LogP contribution is -2.20. The molecule has 4 nitrogen and oxygen atoms in total. The molecule has 3 rings (SSSR count). The van der Waals surface area contributed by atoms with Gasteiger partial charge in [-0.3, -0.25) is 9.36 Å². The quantitative estimate of drug-likeness (QED) is 0.611. The molecule has 2 heterocycles. The van der Waals surface area contributed by atoms with Crippen molar-refractivity contribution in [2.75, 3.05) is 0 Å². The van der Waals surface area contributed by atoms with Crippen LogP contribution in [0.25, 0.3) is 11.2 Å². The number of aromatic nitrogens is 3. The van der Waals surface area contributed by atoms with Crippen molar-refractivity contribution >= 4 is 5.52 Å². The Kier molecular flexibility index (Phi) is 1.86. The summed E-state index contributed by atoms with van der Waals surface area (Å²) in [6.07, 6.45) is 3.29. The molecule has 0 N–H and O–H groups in total. The minimum absolute atomic E-state index is 0.0637. The van der Waals surface area contributed by atoms with E-state index in [-0.39, 0.29) is 5.56 Å². The minimum Gasteiger partial charge on any atom is -0.266 e. The molecule has 0 saturated carbocycles. The van der Waals surface area contributed by atoms with Crippen LogP contribution < -0.4 is 5.56 Å². The molecule has 0 radical (unpaired) electrons. The molecule has 2 aromatic heterocycles. The standard InChI is InChI=1S/C12H9N3O/c16-12-11-7-4-8-15(11)13-9-14(12)10-5-2-1-3-6-10/h1-9H. The Bertz CT molecular complexity index is 682. The van der Waals surface area contributed by atoms with Gasteiger partial charge in [-0.1, -0.05) is 18.2 Å². The van der Waals surface area contributed by atoms with Crippen LogP contribution in [0.15, 0.2) is 59.8 Å². The van der Waals surface area contributed by atoms with Gasteiger partial charge in [-0.2, -0.15) is 5.10 Å². The molecule has 0 aliphatic heterocycles. The molecule has 0 unspecified atom stereocenters. The molecule has 0 aliphatic rings. The second-order valence-corrected chi connectivity index (χ2v) is 3.48. The third-order valence-corrected chi connectivity index (χ3v) is 2.49. The zero-order chi connectivity index (χ0) is 11.0. The van der Waals surface area contributed by atoms with Gasteiger partial charge in [0.1, 0.15) is 11.8 Å². The molecule has 0 fully saturated rings. The Balaban J connectivity index is 2.33. The zero-order valence-corrected chi connectivity index (χ0v) is 8.45. The molecule has 16 heavy (non-hydrogen) atoms. The van der Waals surface area contributed by atoms with Gasteiger partial charge in [0.2, 0.25) is 0 Å². The first-order valence-electron chi connectivity index (χ1n) is 4.97. The maximum Gasteiger partial charge on any atom is 0.282 e. The lowest BCUT2D eigenvalue weighted by molar-refractivity contribution is 0.827. The predicted octanol–water partition coefficient (Wildman–Crippen LogP) is 1.49. The Labute approximate surface area is 91.4 Å². The summed E-state index contributed by atoms with van der Waals surface area (Å²) in [6, 6.07) is 13.0. The number of hydrogen-bond acceptors (Lipinski definition) is 2. The fourth-order valence-corrected chi connectivity index (χ4v) is 1.70. The first-order chi connectivity index (χ1) is 7.86. The molecule has 3 aromatic rings. The van der Waals surface area contributed by atoms with Crippen LogP contribution in [-0.4, -0.2) is 14.2 Å². The molecule has 0 saturated heterocycles. The normalized spacial score (nSPS) is 10.8. The highest BCUT2D eigenvalue weighted by Crippen LogP contribution is 2.04. The lowest BCUT2D eigenvalue weighted by Gasteiger charge is -2.04. The highest BCUT2D eigenvalue weighted by atomic mass is 16.1. The molecular weight excluding hydrogens is 202 g/mol. The van der Waals surface area contributed by atoms with E-state index in [4.69, 9.17) is 0 Å². The third kappa shape index (κ3) is 1.24. The summed E-state index contributed by atoms with van der Waals surface area (Å²) in [6.45, 7) is 0. The van der Waals surface area contributed by atoms with Gasteiger partial charge >= 0.3 is 0 Å².